The number of hydrogen-bond donors (Lipinski definition) is 1. The highest BCUT2D eigenvalue weighted by molar-refractivity contribution is 7.99. The van der Waals surface area contributed by atoms with Crippen molar-refractivity contribution in [2.75, 3.05) is 37.7 Å². The summed E-state index contributed by atoms with van der Waals surface area (Å²) < 4.78 is 6.11. The molecule has 1 N–H and O–H groups in total. The van der Waals surface area contributed by atoms with Crippen LogP contribution in [0.25, 0.3) is 0 Å². The number of rotatable bonds is 4. The summed E-state index contributed by atoms with van der Waals surface area (Å²) in [6, 6.07) is 0.478. The molecule has 3 nitrogen and oxygen atoms in total. The zero-order chi connectivity index (χ0) is 13.2. The molecule has 2 rings (SSSR count). The maximum Gasteiger partial charge on any atom is 0.0787 e. The van der Waals surface area contributed by atoms with E-state index in [1.54, 1.807) is 0 Å². The molecule has 2 heterocycles. The van der Waals surface area contributed by atoms with Crippen LogP contribution < -0.4 is 5.32 Å². The molecule has 1 atom stereocenters. The van der Waals surface area contributed by atoms with Gasteiger partial charge in [-0.1, -0.05) is 0 Å². The molecule has 0 aliphatic carbocycles. The van der Waals surface area contributed by atoms with E-state index < -0.39 is 0 Å². The summed E-state index contributed by atoms with van der Waals surface area (Å²) in [6.45, 7) is 13.6. The van der Waals surface area contributed by atoms with Crippen LogP contribution in [-0.4, -0.2) is 59.8 Å². The van der Waals surface area contributed by atoms with Crippen molar-refractivity contribution < 1.29 is 4.74 Å². The van der Waals surface area contributed by atoms with Gasteiger partial charge in [0.15, 0.2) is 0 Å². The van der Waals surface area contributed by atoms with E-state index in [4.69, 9.17) is 4.74 Å². The molecule has 2 saturated heterocycles. The Morgan fingerprint density at radius 1 is 1.22 bits per heavy atom. The van der Waals surface area contributed by atoms with Gasteiger partial charge in [-0.3, -0.25) is 0 Å². The fourth-order valence-corrected chi connectivity index (χ4v) is 4.08. The molecule has 0 amide bonds. The molecule has 4 heteroatoms. The first-order chi connectivity index (χ1) is 8.39. The average Bonchev–Trinajstić information content (AvgIpc) is 2.48. The third kappa shape index (κ3) is 3.86. The van der Waals surface area contributed by atoms with Crippen molar-refractivity contribution in [2.24, 2.45) is 0 Å². The highest BCUT2D eigenvalue weighted by Gasteiger charge is 2.45. The Kier molecular flexibility index (Phi) is 4.63. The van der Waals surface area contributed by atoms with Gasteiger partial charge in [0.05, 0.1) is 11.2 Å². The van der Waals surface area contributed by atoms with E-state index in [1.165, 1.54) is 31.1 Å². The lowest BCUT2D eigenvalue weighted by Gasteiger charge is -2.30. The van der Waals surface area contributed by atoms with E-state index in [1.807, 2.05) is 0 Å². The Labute approximate surface area is 116 Å². The van der Waals surface area contributed by atoms with Crippen LogP contribution in [0, 0.1) is 0 Å². The maximum absolute atomic E-state index is 6.11. The number of thioether (sulfide) groups is 1. The van der Waals surface area contributed by atoms with Gasteiger partial charge in [0.2, 0.25) is 0 Å². The fourth-order valence-electron chi connectivity index (χ4n) is 3.10. The minimum absolute atomic E-state index is 0.0168. The van der Waals surface area contributed by atoms with Gasteiger partial charge in [-0.05, 0) is 34.1 Å². The first-order valence-corrected chi connectivity index (χ1v) is 8.28. The lowest BCUT2D eigenvalue weighted by Crippen LogP contribution is -2.46. The smallest absolute Gasteiger partial charge is 0.0787 e. The monoisotopic (exact) mass is 272 g/mol. The first kappa shape index (κ1) is 14.6. The van der Waals surface area contributed by atoms with E-state index in [9.17, 15) is 0 Å². The number of hydrogen-bond acceptors (Lipinski definition) is 4. The molecular weight excluding hydrogens is 244 g/mol. The van der Waals surface area contributed by atoms with Gasteiger partial charge in [0, 0.05) is 43.7 Å². The molecule has 106 valence electrons. The van der Waals surface area contributed by atoms with Crippen LogP contribution in [0.4, 0.5) is 0 Å². The Morgan fingerprint density at radius 3 is 2.44 bits per heavy atom. The lowest BCUT2D eigenvalue weighted by atomic mass is 9.94. The van der Waals surface area contributed by atoms with Crippen LogP contribution in [0.15, 0.2) is 0 Å². The highest BCUT2D eigenvalue weighted by Crippen LogP contribution is 2.37. The Morgan fingerprint density at radius 2 is 1.89 bits per heavy atom. The van der Waals surface area contributed by atoms with Crippen molar-refractivity contribution in [3.05, 3.63) is 0 Å². The van der Waals surface area contributed by atoms with Gasteiger partial charge >= 0.3 is 0 Å². The Bertz CT molecular complexity index is 275. The van der Waals surface area contributed by atoms with Gasteiger partial charge in [0.1, 0.15) is 0 Å². The molecule has 0 aromatic carbocycles. The van der Waals surface area contributed by atoms with Crippen molar-refractivity contribution in [2.45, 2.75) is 51.4 Å². The van der Waals surface area contributed by atoms with Crippen LogP contribution in [0.2, 0.25) is 0 Å². The third-order valence-electron chi connectivity index (χ3n) is 4.00. The van der Waals surface area contributed by atoms with E-state index in [0.29, 0.717) is 6.04 Å². The van der Waals surface area contributed by atoms with E-state index in [0.717, 1.165) is 13.0 Å². The zero-order valence-corrected chi connectivity index (χ0v) is 13.1. The summed E-state index contributed by atoms with van der Waals surface area (Å²) in [6.07, 6.45) is 1.11. The quantitative estimate of drug-likeness (QED) is 0.846. The highest BCUT2D eigenvalue weighted by atomic mass is 32.2. The van der Waals surface area contributed by atoms with Gasteiger partial charge in [-0.15, -0.1) is 0 Å². The summed E-state index contributed by atoms with van der Waals surface area (Å²) >= 11 is 2.07. The number of nitrogens with zero attached hydrogens (tertiary/aromatic N) is 1. The van der Waals surface area contributed by atoms with Crippen LogP contribution in [0.1, 0.15) is 34.1 Å². The predicted octanol–water partition coefficient (Wildman–Crippen LogP) is 1.97. The number of ether oxygens (including phenoxy) is 1. The predicted molar refractivity (Wildman–Crippen MR) is 79.4 cm³/mol. The van der Waals surface area contributed by atoms with E-state index >= 15 is 0 Å². The largest absolute Gasteiger partial charge is 0.368 e. The topological polar surface area (TPSA) is 24.5 Å². The molecule has 0 aromatic heterocycles. The molecule has 2 fully saturated rings. The lowest BCUT2D eigenvalue weighted by molar-refractivity contribution is -0.0698. The SMILES string of the molecule is CC1(C)CC(NCCN2CCSCC2)C(C)(C)O1. The van der Waals surface area contributed by atoms with Crippen molar-refractivity contribution in [1.29, 1.82) is 0 Å². The molecule has 2 aliphatic heterocycles. The average molecular weight is 272 g/mol. The van der Waals surface area contributed by atoms with Crippen LogP contribution >= 0.6 is 11.8 Å². The molecule has 1 unspecified atom stereocenters. The van der Waals surface area contributed by atoms with E-state index in [2.05, 4.69) is 49.7 Å². The minimum atomic E-state index is -0.0404. The van der Waals surface area contributed by atoms with Crippen molar-refractivity contribution >= 4 is 11.8 Å². The molecular formula is C14H28N2OS. The summed E-state index contributed by atoms with van der Waals surface area (Å²) in [5.41, 5.74) is -0.0236. The molecule has 0 bridgehead atoms. The van der Waals surface area contributed by atoms with Gasteiger partial charge < -0.3 is 15.0 Å². The second kappa shape index (κ2) is 5.70. The minimum Gasteiger partial charge on any atom is -0.368 e. The standard InChI is InChI=1S/C14H28N2OS/c1-13(2)11-12(14(3,4)17-13)15-5-6-16-7-9-18-10-8-16/h12,15H,5-11H2,1-4H3. The van der Waals surface area contributed by atoms with Crippen LogP contribution in [0.3, 0.4) is 0 Å². The summed E-state index contributed by atoms with van der Waals surface area (Å²) in [5, 5.41) is 3.70. The van der Waals surface area contributed by atoms with E-state index in [-0.39, 0.29) is 11.2 Å². The van der Waals surface area contributed by atoms with Crippen molar-refractivity contribution in [3.63, 3.8) is 0 Å². The Hall–Kier alpha value is 0.230. The van der Waals surface area contributed by atoms with Gasteiger partial charge in [0.25, 0.3) is 0 Å². The second-order valence-corrected chi connectivity index (χ2v) is 7.85. The van der Waals surface area contributed by atoms with Crippen molar-refractivity contribution in [1.82, 2.24) is 10.2 Å². The third-order valence-corrected chi connectivity index (χ3v) is 4.94. The summed E-state index contributed by atoms with van der Waals surface area (Å²) in [5.74, 6) is 2.59. The zero-order valence-electron chi connectivity index (χ0n) is 12.3. The first-order valence-electron chi connectivity index (χ1n) is 7.13. The summed E-state index contributed by atoms with van der Waals surface area (Å²) in [4.78, 5) is 2.57. The number of nitrogens with one attached hydrogen (secondary N) is 1. The van der Waals surface area contributed by atoms with Gasteiger partial charge in [-0.2, -0.15) is 11.8 Å². The van der Waals surface area contributed by atoms with Crippen molar-refractivity contribution in [3.8, 4) is 0 Å². The van der Waals surface area contributed by atoms with Crippen LogP contribution in [-0.2, 0) is 4.74 Å². The summed E-state index contributed by atoms with van der Waals surface area (Å²) in [7, 11) is 0. The molecule has 18 heavy (non-hydrogen) atoms. The normalized spacial score (nSPS) is 31.7. The second-order valence-electron chi connectivity index (χ2n) is 6.63. The molecule has 0 radical (unpaired) electrons. The maximum atomic E-state index is 6.11. The molecule has 2 aliphatic rings. The Balaban J connectivity index is 1.73. The molecule has 0 aromatic rings. The molecule has 0 spiro atoms. The van der Waals surface area contributed by atoms with Gasteiger partial charge in [-0.25, -0.2) is 0 Å². The van der Waals surface area contributed by atoms with Crippen LogP contribution in [0.5, 0.6) is 0 Å². The molecule has 0 saturated carbocycles. The fraction of sp³-hybridized carbons (Fsp3) is 1.00.